The fourth-order valence-corrected chi connectivity index (χ4v) is 1.73. The van der Waals surface area contributed by atoms with Crippen LogP contribution in [0.3, 0.4) is 0 Å². The number of ketones is 1. The Morgan fingerprint density at radius 3 is 2.47 bits per heavy atom. The molecule has 0 radical (unpaired) electrons. The van der Waals surface area contributed by atoms with E-state index < -0.39 is 22.8 Å². The zero-order valence-corrected chi connectivity index (χ0v) is 10.3. The van der Waals surface area contributed by atoms with Gasteiger partial charge in [0.2, 0.25) is 5.78 Å². The van der Waals surface area contributed by atoms with Gasteiger partial charge >= 0.3 is 6.18 Å². The van der Waals surface area contributed by atoms with Gasteiger partial charge in [0.1, 0.15) is 10.8 Å². The molecule has 2 heterocycles. The van der Waals surface area contributed by atoms with Crippen molar-refractivity contribution in [1.82, 2.24) is 4.98 Å². The molecular weight excluding hydrogens is 283 g/mol. The monoisotopic (exact) mass is 289 g/mol. The molecule has 0 unspecified atom stereocenters. The summed E-state index contributed by atoms with van der Waals surface area (Å²) < 4.78 is 42.2. The Hall–Kier alpha value is -1.82. The van der Waals surface area contributed by atoms with Crippen molar-refractivity contribution >= 4 is 17.4 Å². The molecule has 0 saturated heterocycles. The number of nitrogens with zero attached hydrogens (tertiary/aromatic N) is 1. The molecule has 0 aromatic carbocycles. The maximum atomic E-state index is 12.4. The maximum Gasteiger partial charge on any atom is 0.433 e. The molecule has 0 aliphatic heterocycles. The third-order valence-electron chi connectivity index (χ3n) is 2.45. The zero-order chi connectivity index (χ0) is 14.2. The summed E-state index contributed by atoms with van der Waals surface area (Å²) in [6.45, 7) is 1.64. The van der Waals surface area contributed by atoms with E-state index in [1.54, 1.807) is 13.0 Å². The highest BCUT2D eigenvalue weighted by atomic mass is 35.5. The number of carbonyl (C=O) groups excluding carboxylic acids is 1. The summed E-state index contributed by atoms with van der Waals surface area (Å²) in [6.07, 6.45) is -3.29. The minimum absolute atomic E-state index is 0.0310. The molecule has 0 amide bonds. The number of halogens is 4. The van der Waals surface area contributed by atoms with Crippen molar-refractivity contribution in [2.24, 2.45) is 0 Å². The number of hydrogen-bond acceptors (Lipinski definition) is 3. The summed E-state index contributed by atoms with van der Waals surface area (Å²) in [6, 6.07) is 3.26. The molecule has 2 rings (SSSR count). The second-order valence-corrected chi connectivity index (χ2v) is 4.15. The largest absolute Gasteiger partial charge is 0.461 e. The van der Waals surface area contributed by atoms with Crippen LogP contribution in [0.2, 0.25) is 5.15 Å². The number of carbonyl (C=O) groups is 1. The van der Waals surface area contributed by atoms with Gasteiger partial charge in [-0.05, 0) is 30.7 Å². The SMILES string of the molecule is Cc1ccoc1C(=O)c1ccc(C(F)(F)F)nc1Cl. The number of hydrogen-bond donors (Lipinski definition) is 0. The molecular formula is C12H7ClF3NO2. The Labute approximate surface area is 111 Å². The zero-order valence-electron chi connectivity index (χ0n) is 9.58. The van der Waals surface area contributed by atoms with Crippen molar-refractivity contribution in [3.8, 4) is 0 Å². The first-order chi connectivity index (χ1) is 8.80. The van der Waals surface area contributed by atoms with Crippen molar-refractivity contribution < 1.29 is 22.4 Å². The van der Waals surface area contributed by atoms with Crippen LogP contribution in [0.5, 0.6) is 0 Å². The molecule has 0 saturated carbocycles. The van der Waals surface area contributed by atoms with Gasteiger partial charge < -0.3 is 4.42 Å². The summed E-state index contributed by atoms with van der Waals surface area (Å²) in [5.74, 6) is -0.572. The second kappa shape index (κ2) is 4.70. The fourth-order valence-electron chi connectivity index (χ4n) is 1.49. The molecule has 0 bridgehead atoms. The minimum Gasteiger partial charge on any atom is -0.461 e. The van der Waals surface area contributed by atoms with Crippen LogP contribution in [0.15, 0.2) is 28.9 Å². The lowest BCUT2D eigenvalue weighted by molar-refractivity contribution is -0.141. The van der Waals surface area contributed by atoms with Crippen LogP contribution >= 0.6 is 11.6 Å². The summed E-state index contributed by atoms with van der Waals surface area (Å²) in [7, 11) is 0. The van der Waals surface area contributed by atoms with Crippen molar-refractivity contribution in [3.05, 3.63) is 52.2 Å². The van der Waals surface area contributed by atoms with Crippen LogP contribution in [-0.4, -0.2) is 10.8 Å². The quantitative estimate of drug-likeness (QED) is 0.622. The van der Waals surface area contributed by atoms with E-state index in [2.05, 4.69) is 4.98 Å². The highest BCUT2D eigenvalue weighted by Crippen LogP contribution is 2.30. The first kappa shape index (κ1) is 13.6. The average Bonchev–Trinajstić information content (AvgIpc) is 2.73. The van der Waals surface area contributed by atoms with E-state index >= 15 is 0 Å². The number of furan rings is 1. The predicted octanol–water partition coefficient (Wildman–Crippen LogP) is 3.89. The molecule has 0 atom stereocenters. The molecule has 0 aliphatic carbocycles. The molecule has 0 spiro atoms. The van der Waals surface area contributed by atoms with Gasteiger partial charge in [-0.25, -0.2) is 4.98 Å². The first-order valence-electron chi connectivity index (χ1n) is 5.13. The number of pyridine rings is 1. The first-order valence-corrected chi connectivity index (χ1v) is 5.51. The topological polar surface area (TPSA) is 43.1 Å². The molecule has 100 valence electrons. The third-order valence-corrected chi connectivity index (χ3v) is 2.74. The lowest BCUT2D eigenvalue weighted by Crippen LogP contribution is -2.11. The van der Waals surface area contributed by atoms with Gasteiger partial charge in [0.05, 0.1) is 11.8 Å². The molecule has 7 heteroatoms. The predicted molar refractivity (Wildman–Crippen MR) is 61.1 cm³/mol. The Morgan fingerprint density at radius 1 is 1.32 bits per heavy atom. The summed E-state index contributed by atoms with van der Waals surface area (Å²) >= 11 is 5.63. The van der Waals surface area contributed by atoms with Crippen molar-refractivity contribution in [3.63, 3.8) is 0 Å². The van der Waals surface area contributed by atoms with Gasteiger partial charge in [-0.3, -0.25) is 4.79 Å². The third kappa shape index (κ3) is 2.63. The van der Waals surface area contributed by atoms with Gasteiger partial charge in [-0.15, -0.1) is 0 Å². The molecule has 2 aromatic rings. The van der Waals surface area contributed by atoms with Gasteiger partial charge in [-0.2, -0.15) is 13.2 Å². The fraction of sp³-hybridized carbons (Fsp3) is 0.167. The van der Waals surface area contributed by atoms with Crippen LogP contribution in [0, 0.1) is 6.92 Å². The van der Waals surface area contributed by atoms with Crippen molar-refractivity contribution in [2.45, 2.75) is 13.1 Å². The minimum atomic E-state index is -4.61. The summed E-state index contributed by atoms with van der Waals surface area (Å²) in [5.41, 5.74) is -0.709. The Balaban J connectivity index is 2.43. The number of aryl methyl sites for hydroxylation is 1. The molecule has 0 aliphatic rings. The van der Waals surface area contributed by atoms with Crippen LogP contribution in [0.4, 0.5) is 13.2 Å². The molecule has 3 nitrogen and oxygen atoms in total. The smallest absolute Gasteiger partial charge is 0.433 e. The normalized spacial score (nSPS) is 11.6. The number of aromatic nitrogens is 1. The van der Waals surface area contributed by atoms with E-state index in [0.29, 0.717) is 11.6 Å². The molecule has 19 heavy (non-hydrogen) atoms. The van der Waals surface area contributed by atoms with E-state index in [4.69, 9.17) is 16.0 Å². The van der Waals surface area contributed by atoms with Crippen LogP contribution < -0.4 is 0 Å². The summed E-state index contributed by atoms with van der Waals surface area (Å²) in [4.78, 5) is 15.2. The molecule has 2 aromatic heterocycles. The highest BCUT2D eigenvalue weighted by Gasteiger charge is 2.33. The van der Waals surface area contributed by atoms with E-state index in [1.807, 2.05) is 0 Å². The number of alkyl halides is 3. The van der Waals surface area contributed by atoms with Gasteiger partial charge in [-0.1, -0.05) is 11.6 Å². The lowest BCUT2D eigenvalue weighted by atomic mass is 10.1. The maximum absolute atomic E-state index is 12.4. The van der Waals surface area contributed by atoms with Gasteiger partial charge in [0.25, 0.3) is 0 Å². The molecule has 0 fully saturated rings. The van der Waals surface area contributed by atoms with E-state index in [0.717, 1.165) is 6.07 Å². The number of rotatable bonds is 2. The van der Waals surface area contributed by atoms with Crippen LogP contribution in [0.1, 0.15) is 27.4 Å². The Morgan fingerprint density at radius 2 is 2.00 bits per heavy atom. The van der Waals surface area contributed by atoms with Crippen molar-refractivity contribution in [1.29, 1.82) is 0 Å². The van der Waals surface area contributed by atoms with Crippen LogP contribution in [0.25, 0.3) is 0 Å². The highest BCUT2D eigenvalue weighted by molar-refractivity contribution is 6.33. The van der Waals surface area contributed by atoms with Gasteiger partial charge in [0, 0.05) is 0 Å². The van der Waals surface area contributed by atoms with E-state index in [1.165, 1.54) is 6.26 Å². The van der Waals surface area contributed by atoms with Crippen LogP contribution in [-0.2, 0) is 6.18 Å². The Bertz CT molecular complexity index is 634. The van der Waals surface area contributed by atoms with Gasteiger partial charge in [0.15, 0.2) is 5.76 Å². The van der Waals surface area contributed by atoms with Crippen molar-refractivity contribution in [2.75, 3.05) is 0 Å². The standard InChI is InChI=1S/C12H7ClF3NO2/c1-6-4-5-19-10(6)9(18)7-2-3-8(12(14,15)16)17-11(7)13/h2-5H,1H3. The molecule has 0 N–H and O–H groups in total. The average molecular weight is 290 g/mol. The summed E-state index contributed by atoms with van der Waals surface area (Å²) in [5, 5.41) is -0.504. The van der Waals surface area contributed by atoms with E-state index in [-0.39, 0.29) is 11.3 Å². The lowest BCUT2D eigenvalue weighted by Gasteiger charge is -2.07. The second-order valence-electron chi connectivity index (χ2n) is 3.79. The van der Waals surface area contributed by atoms with E-state index in [9.17, 15) is 18.0 Å². The Kier molecular flexibility index (Phi) is 3.36.